The van der Waals surface area contributed by atoms with Gasteiger partial charge in [-0.1, -0.05) is 13.3 Å². The molecular weight excluding hydrogens is 280 g/mol. The SMILES string of the molecule is CCCCC(=O)N[C@@H](CCCCNC(C)(C)C)C(=O)COC. The lowest BCUT2D eigenvalue weighted by molar-refractivity contribution is -0.130. The van der Waals surface area contributed by atoms with Gasteiger partial charge in [0.15, 0.2) is 5.78 Å². The maximum atomic E-state index is 12.0. The van der Waals surface area contributed by atoms with Gasteiger partial charge < -0.3 is 15.4 Å². The number of amides is 1. The molecule has 0 unspecified atom stereocenters. The van der Waals surface area contributed by atoms with Crippen LogP contribution in [-0.2, 0) is 14.3 Å². The van der Waals surface area contributed by atoms with Crippen LogP contribution in [0.3, 0.4) is 0 Å². The van der Waals surface area contributed by atoms with E-state index in [9.17, 15) is 9.59 Å². The summed E-state index contributed by atoms with van der Waals surface area (Å²) in [5, 5.41) is 6.28. The first-order valence-electron chi connectivity index (χ1n) is 8.36. The van der Waals surface area contributed by atoms with Crippen LogP contribution in [0, 0.1) is 0 Å². The van der Waals surface area contributed by atoms with Gasteiger partial charge in [0.25, 0.3) is 0 Å². The average molecular weight is 314 g/mol. The van der Waals surface area contributed by atoms with Crippen molar-refractivity contribution >= 4 is 11.7 Å². The Morgan fingerprint density at radius 1 is 1.14 bits per heavy atom. The molecule has 22 heavy (non-hydrogen) atoms. The van der Waals surface area contributed by atoms with Crippen molar-refractivity contribution < 1.29 is 14.3 Å². The standard InChI is InChI=1S/C17H34N2O3/c1-6-7-11-16(21)19-14(15(20)13-22-5)10-8-9-12-18-17(2,3)4/h14,18H,6-13H2,1-5H3,(H,19,21)/t14-/m0/s1. The molecule has 0 aromatic carbocycles. The van der Waals surface area contributed by atoms with Crippen molar-refractivity contribution in [2.24, 2.45) is 0 Å². The molecule has 0 rings (SSSR count). The van der Waals surface area contributed by atoms with Crippen molar-refractivity contribution in [3.8, 4) is 0 Å². The van der Waals surface area contributed by atoms with Crippen LogP contribution in [0.15, 0.2) is 0 Å². The van der Waals surface area contributed by atoms with Crippen molar-refractivity contribution in [3.05, 3.63) is 0 Å². The Balaban J connectivity index is 4.19. The highest BCUT2D eigenvalue weighted by Crippen LogP contribution is 2.06. The molecule has 0 aromatic rings. The largest absolute Gasteiger partial charge is 0.377 e. The summed E-state index contributed by atoms with van der Waals surface area (Å²) in [6.07, 6.45) is 4.87. The van der Waals surface area contributed by atoms with Gasteiger partial charge in [-0.15, -0.1) is 0 Å². The number of hydrogen-bond donors (Lipinski definition) is 2. The van der Waals surface area contributed by atoms with Crippen molar-refractivity contribution in [2.45, 2.75) is 77.8 Å². The molecule has 0 aliphatic heterocycles. The van der Waals surface area contributed by atoms with E-state index in [1.807, 2.05) is 6.92 Å². The number of ketones is 1. The Hall–Kier alpha value is -0.940. The molecule has 0 aliphatic carbocycles. The second-order valence-electron chi connectivity index (χ2n) is 6.80. The van der Waals surface area contributed by atoms with E-state index in [2.05, 4.69) is 31.4 Å². The summed E-state index contributed by atoms with van der Waals surface area (Å²) in [6.45, 7) is 9.41. The van der Waals surface area contributed by atoms with Gasteiger partial charge in [0.1, 0.15) is 6.61 Å². The van der Waals surface area contributed by atoms with Crippen LogP contribution in [0.2, 0.25) is 0 Å². The van der Waals surface area contributed by atoms with E-state index in [-0.39, 0.29) is 23.8 Å². The van der Waals surface area contributed by atoms with Crippen molar-refractivity contribution in [1.82, 2.24) is 10.6 Å². The summed E-state index contributed by atoms with van der Waals surface area (Å²) in [5.74, 6) is -0.0831. The molecule has 2 N–H and O–H groups in total. The van der Waals surface area contributed by atoms with E-state index in [0.717, 1.165) is 32.2 Å². The van der Waals surface area contributed by atoms with Crippen LogP contribution >= 0.6 is 0 Å². The molecule has 0 radical (unpaired) electrons. The highest BCUT2D eigenvalue weighted by molar-refractivity contribution is 5.89. The fraction of sp³-hybridized carbons (Fsp3) is 0.882. The molecule has 0 saturated carbocycles. The third-order valence-corrected chi connectivity index (χ3v) is 3.34. The maximum Gasteiger partial charge on any atom is 0.220 e. The zero-order valence-corrected chi connectivity index (χ0v) is 15.0. The highest BCUT2D eigenvalue weighted by atomic mass is 16.5. The van der Waals surface area contributed by atoms with E-state index in [0.29, 0.717) is 12.8 Å². The van der Waals surface area contributed by atoms with E-state index in [1.165, 1.54) is 7.11 Å². The van der Waals surface area contributed by atoms with Gasteiger partial charge in [-0.05, 0) is 53.0 Å². The van der Waals surface area contributed by atoms with Crippen LogP contribution < -0.4 is 10.6 Å². The first kappa shape index (κ1) is 21.1. The lowest BCUT2D eigenvalue weighted by Gasteiger charge is -2.21. The second kappa shape index (κ2) is 11.6. The lowest BCUT2D eigenvalue weighted by Crippen LogP contribution is -2.42. The van der Waals surface area contributed by atoms with E-state index in [4.69, 9.17) is 4.74 Å². The van der Waals surface area contributed by atoms with Gasteiger partial charge >= 0.3 is 0 Å². The maximum absolute atomic E-state index is 12.0. The normalized spacial score (nSPS) is 13.0. The third-order valence-electron chi connectivity index (χ3n) is 3.34. The summed E-state index contributed by atoms with van der Waals surface area (Å²) in [6, 6.07) is -0.418. The summed E-state index contributed by atoms with van der Waals surface area (Å²) in [4.78, 5) is 23.8. The first-order chi connectivity index (χ1) is 10.3. The number of methoxy groups -OCH3 is 1. The zero-order chi connectivity index (χ0) is 17.0. The van der Waals surface area contributed by atoms with Gasteiger partial charge in [0.2, 0.25) is 5.91 Å². The molecule has 0 fully saturated rings. The minimum atomic E-state index is -0.418. The summed E-state index contributed by atoms with van der Waals surface area (Å²) >= 11 is 0. The van der Waals surface area contributed by atoms with Crippen molar-refractivity contribution in [2.75, 3.05) is 20.3 Å². The fourth-order valence-electron chi connectivity index (χ4n) is 2.10. The van der Waals surface area contributed by atoms with Crippen LogP contribution in [0.25, 0.3) is 0 Å². The fourth-order valence-corrected chi connectivity index (χ4v) is 2.10. The highest BCUT2D eigenvalue weighted by Gasteiger charge is 2.19. The summed E-state index contributed by atoms with van der Waals surface area (Å²) in [5.41, 5.74) is 0.111. The van der Waals surface area contributed by atoms with E-state index in [1.54, 1.807) is 0 Å². The molecule has 5 nitrogen and oxygen atoms in total. The minimum Gasteiger partial charge on any atom is -0.377 e. The topological polar surface area (TPSA) is 67.4 Å². The van der Waals surface area contributed by atoms with Crippen molar-refractivity contribution in [1.29, 1.82) is 0 Å². The monoisotopic (exact) mass is 314 g/mol. The predicted molar refractivity (Wildman–Crippen MR) is 89.9 cm³/mol. The van der Waals surface area contributed by atoms with Gasteiger partial charge in [-0.3, -0.25) is 9.59 Å². The quantitative estimate of drug-likeness (QED) is 0.543. The average Bonchev–Trinajstić information content (AvgIpc) is 2.42. The number of rotatable bonds is 12. The molecule has 1 amide bonds. The van der Waals surface area contributed by atoms with Crippen LogP contribution in [0.1, 0.15) is 66.2 Å². The Morgan fingerprint density at radius 3 is 2.36 bits per heavy atom. The molecule has 5 heteroatoms. The van der Waals surface area contributed by atoms with E-state index < -0.39 is 6.04 Å². The molecule has 1 atom stereocenters. The number of Topliss-reactive ketones (excluding diaryl/α,β-unsaturated/α-hetero) is 1. The molecule has 0 heterocycles. The smallest absolute Gasteiger partial charge is 0.220 e. The number of carbonyl (C=O) groups excluding carboxylic acids is 2. The number of nitrogens with one attached hydrogen (secondary N) is 2. The third kappa shape index (κ3) is 11.7. The number of ether oxygens (including phenoxy) is 1. The molecule has 0 spiro atoms. The Labute approximate surface area is 135 Å². The Morgan fingerprint density at radius 2 is 1.82 bits per heavy atom. The molecule has 0 bridgehead atoms. The number of hydrogen-bond acceptors (Lipinski definition) is 4. The van der Waals surface area contributed by atoms with Gasteiger partial charge in [0, 0.05) is 19.1 Å². The molecule has 0 saturated heterocycles. The van der Waals surface area contributed by atoms with Gasteiger partial charge in [0.05, 0.1) is 6.04 Å². The zero-order valence-electron chi connectivity index (χ0n) is 15.0. The lowest BCUT2D eigenvalue weighted by atomic mass is 10.0. The molecule has 0 aliphatic rings. The minimum absolute atomic E-state index is 0.0379. The summed E-state index contributed by atoms with van der Waals surface area (Å²) in [7, 11) is 1.50. The molecule has 0 aromatic heterocycles. The first-order valence-corrected chi connectivity index (χ1v) is 8.36. The van der Waals surface area contributed by atoms with E-state index >= 15 is 0 Å². The van der Waals surface area contributed by atoms with Crippen LogP contribution in [0.5, 0.6) is 0 Å². The predicted octanol–water partition coefficient (Wildman–Crippen LogP) is 2.44. The van der Waals surface area contributed by atoms with Gasteiger partial charge in [-0.2, -0.15) is 0 Å². The summed E-state index contributed by atoms with van der Waals surface area (Å²) < 4.78 is 4.91. The van der Waals surface area contributed by atoms with Crippen LogP contribution in [-0.4, -0.2) is 43.5 Å². The Kier molecular flexibility index (Phi) is 11.1. The van der Waals surface area contributed by atoms with Gasteiger partial charge in [-0.25, -0.2) is 0 Å². The Bertz CT molecular complexity index is 324. The van der Waals surface area contributed by atoms with Crippen molar-refractivity contribution in [3.63, 3.8) is 0 Å². The number of unbranched alkanes of at least 4 members (excludes halogenated alkanes) is 2. The van der Waals surface area contributed by atoms with Crippen LogP contribution in [0.4, 0.5) is 0 Å². The second-order valence-corrected chi connectivity index (χ2v) is 6.80. The molecular formula is C17H34N2O3. The number of carbonyl (C=O) groups is 2. The molecule has 130 valence electrons.